The lowest BCUT2D eigenvalue weighted by Gasteiger charge is -2.20. The number of hydrogen-bond acceptors (Lipinski definition) is 3. The Labute approximate surface area is 118 Å². The van der Waals surface area contributed by atoms with Crippen LogP contribution in [0.15, 0.2) is 18.2 Å². The summed E-state index contributed by atoms with van der Waals surface area (Å²) in [5.74, 6) is -0.983. The second kappa shape index (κ2) is 6.69. The van der Waals surface area contributed by atoms with Crippen LogP contribution < -0.4 is 14.8 Å². The molecule has 1 amide bonds. The molecule has 0 aliphatic heterocycles. The maximum Gasteiger partial charge on any atom is 0.444 e. The number of amides is 1. The Morgan fingerprint density at radius 3 is 2.65 bits per heavy atom. The highest BCUT2D eigenvalue weighted by atomic mass is 35.5. The summed E-state index contributed by atoms with van der Waals surface area (Å²) in [6.45, 7) is 1.95. The van der Waals surface area contributed by atoms with Crippen molar-refractivity contribution in [2.75, 3.05) is 13.7 Å². The van der Waals surface area contributed by atoms with Crippen molar-refractivity contribution in [1.29, 1.82) is 0 Å². The molecule has 1 N–H and O–H groups in total. The zero-order chi connectivity index (χ0) is 15.3. The summed E-state index contributed by atoms with van der Waals surface area (Å²) in [7, 11) is 1.31. The molecule has 1 aromatic rings. The summed E-state index contributed by atoms with van der Waals surface area (Å²) in [5.41, 5.74) is -3.22. The van der Waals surface area contributed by atoms with E-state index in [1.165, 1.54) is 19.2 Å². The first kappa shape index (κ1) is 16.4. The van der Waals surface area contributed by atoms with E-state index >= 15 is 0 Å². The molecule has 0 spiro atoms. The third kappa shape index (κ3) is 3.93. The molecule has 1 unspecified atom stereocenters. The normalized spacial score (nSPS) is 12.7. The van der Waals surface area contributed by atoms with Gasteiger partial charge in [0, 0.05) is 12.6 Å². The van der Waals surface area contributed by atoms with E-state index in [0.717, 1.165) is 6.07 Å². The highest BCUT2D eigenvalue weighted by molar-refractivity contribution is 6.20. The molecule has 0 fully saturated rings. The molecule has 4 nitrogen and oxygen atoms in total. The Kier molecular flexibility index (Phi) is 5.50. The van der Waals surface area contributed by atoms with Crippen LogP contribution in [0, 0.1) is 0 Å². The van der Waals surface area contributed by atoms with Crippen molar-refractivity contribution in [2.45, 2.75) is 18.7 Å². The summed E-state index contributed by atoms with van der Waals surface area (Å²) in [6.07, 6.45) is -4.27. The van der Waals surface area contributed by atoms with Crippen LogP contribution in [0.3, 0.4) is 0 Å². The molecule has 112 valence electrons. The minimum absolute atomic E-state index is 0.175. The lowest BCUT2D eigenvalue weighted by molar-refractivity contribution is -0.199. The van der Waals surface area contributed by atoms with Gasteiger partial charge in [0.1, 0.15) is 11.5 Å². The average molecular weight is 312 g/mol. The van der Waals surface area contributed by atoms with Gasteiger partial charge in [-0.05, 0) is 19.1 Å². The molecule has 0 bridgehead atoms. The van der Waals surface area contributed by atoms with Gasteiger partial charge in [-0.15, -0.1) is 0 Å². The van der Waals surface area contributed by atoms with Crippen LogP contribution in [-0.4, -0.2) is 31.3 Å². The summed E-state index contributed by atoms with van der Waals surface area (Å²) < 4.78 is 48.0. The summed E-state index contributed by atoms with van der Waals surface area (Å²) in [4.78, 5) is 11.7. The molecule has 1 rings (SSSR count). The summed E-state index contributed by atoms with van der Waals surface area (Å²) in [6, 6.07) is 3.68. The van der Waals surface area contributed by atoms with Crippen LogP contribution in [0.2, 0.25) is 0 Å². The van der Waals surface area contributed by atoms with Crippen LogP contribution >= 0.6 is 11.6 Å². The lowest BCUT2D eigenvalue weighted by Crippen LogP contribution is -2.34. The molecule has 0 heterocycles. The number of hydrogen-bond donors (Lipinski definition) is 1. The third-order valence-electron chi connectivity index (χ3n) is 2.27. The second-order valence-electron chi connectivity index (χ2n) is 3.69. The number of ether oxygens (including phenoxy) is 2. The Morgan fingerprint density at radius 1 is 1.50 bits per heavy atom. The van der Waals surface area contributed by atoms with E-state index in [1.54, 1.807) is 6.92 Å². The van der Waals surface area contributed by atoms with Gasteiger partial charge in [0.05, 0.1) is 12.7 Å². The van der Waals surface area contributed by atoms with E-state index in [2.05, 4.69) is 10.1 Å². The zero-order valence-electron chi connectivity index (χ0n) is 10.8. The number of nitrogens with one attached hydrogen (secondary N) is 1. The first-order valence-electron chi connectivity index (χ1n) is 5.63. The van der Waals surface area contributed by atoms with E-state index < -0.39 is 23.4 Å². The van der Waals surface area contributed by atoms with Gasteiger partial charge in [0.25, 0.3) is 11.5 Å². The maximum atomic E-state index is 13.2. The molecule has 0 saturated carbocycles. The Balaban J connectivity index is 3.16. The topological polar surface area (TPSA) is 47.6 Å². The third-order valence-corrected chi connectivity index (χ3v) is 2.52. The van der Waals surface area contributed by atoms with E-state index in [1.807, 2.05) is 0 Å². The number of alkyl halides is 4. The number of carbonyl (C=O) groups is 1. The monoisotopic (exact) mass is 311 g/mol. The molecule has 0 saturated heterocycles. The largest absolute Gasteiger partial charge is 0.497 e. The van der Waals surface area contributed by atoms with E-state index in [4.69, 9.17) is 16.3 Å². The van der Waals surface area contributed by atoms with Gasteiger partial charge >= 0.3 is 6.11 Å². The van der Waals surface area contributed by atoms with Gasteiger partial charge in [-0.3, -0.25) is 4.79 Å². The van der Waals surface area contributed by atoms with Crippen molar-refractivity contribution < 1.29 is 27.4 Å². The molecule has 1 aromatic carbocycles. The standard InChI is InChI=1S/C12H13ClF3NO3/c1-3-17-10(18)8-5-4-7(19-2)6-9(8)20-12(15,16)11(13)14/h4-6,11H,3H2,1-2H3,(H,17,18). The summed E-state index contributed by atoms with van der Waals surface area (Å²) in [5, 5.41) is 2.42. The fourth-order valence-corrected chi connectivity index (χ4v) is 1.39. The number of benzene rings is 1. The van der Waals surface area contributed by atoms with Crippen molar-refractivity contribution in [3.63, 3.8) is 0 Å². The first-order valence-corrected chi connectivity index (χ1v) is 6.06. The van der Waals surface area contributed by atoms with E-state index in [9.17, 15) is 18.0 Å². The average Bonchev–Trinajstić information content (AvgIpc) is 2.38. The quantitative estimate of drug-likeness (QED) is 0.822. The molecule has 1 atom stereocenters. The predicted octanol–water partition coefficient (Wildman–Crippen LogP) is 2.95. The molecule has 0 aromatic heterocycles. The van der Waals surface area contributed by atoms with Crippen molar-refractivity contribution in [3.8, 4) is 11.5 Å². The van der Waals surface area contributed by atoms with Gasteiger partial charge in [-0.1, -0.05) is 11.6 Å². The number of carbonyl (C=O) groups excluding carboxylic acids is 1. The van der Waals surface area contributed by atoms with Crippen LogP contribution in [0.1, 0.15) is 17.3 Å². The highest BCUT2D eigenvalue weighted by Gasteiger charge is 2.43. The van der Waals surface area contributed by atoms with Crippen LogP contribution in [-0.2, 0) is 0 Å². The smallest absolute Gasteiger partial charge is 0.444 e. The fraction of sp³-hybridized carbons (Fsp3) is 0.417. The maximum absolute atomic E-state index is 13.2. The van der Waals surface area contributed by atoms with Crippen LogP contribution in [0.25, 0.3) is 0 Å². The van der Waals surface area contributed by atoms with Gasteiger partial charge in [0.2, 0.25) is 0 Å². The van der Waals surface area contributed by atoms with Gasteiger partial charge in [-0.25, -0.2) is 4.39 Å². The molecule has 0 aliphatic carbocycles. The Hall–Kier alpha value is -1.63. The predicted molar refractivity (Wildman–Crippen MR) is 67.3 cm³/mol. The Morgan fingerprint density at radius 2 is 2.15 bits per heavy atom. The minimum atomic E-state index is -4.27. The summed E-state index contributed by atoms with van der Waals surface area (Å²) >= 11 is 4.71. The second-order valence-corrected chi connectivity index (χ2v) is 4.07. The number of methoxy groups -OCH3 is 1. The molecule has 0 aliphatic rings. The van der Waals surface area contributed by atoms with Crippen LogP contribution in [0.4, 0.5) is 13.2 Å². The zero-order valence-corrected chi connectivity index (χ0v) is 11.5. The highest BCUT2D eigenvalue weighted by Crippen LogP contribution is 2.33. The van der Waals surface area contributed by atoms with E-state index in [0.29, 0.717) is 6.54 Å². The minimum Gasteiger partial charge on any atom is -0.497 e. The molecular weight excluding hydrogens is 299 g/mol. The van der Waals surface area contributed by atoms with Crippen molar-refractivity contribution in [3.05, 3.63) is 23.8 Å². The van der Waals surface area contributed by atoms with Crippen molar-refractivity contribution >= 4 is 17.5 Å². The fourth-order valence-electron chi connectivity index (χ4n) is 1.35. The lowest BCUT2D eigenvalue weighted by atomic mass is 10.1. The molecule has 8 heteroatoms. The van der Waals surface area contributed by atoms with Crippen molar-refractivity contribution in [1.82, 2.24) is 5.32 Å². The Bertz CT molecular complexity index is 483. The first-order chi connectivity index (χ1) is 9.31. The number of rotatable bonds is 6. The number of halogens is 4. The van der Waals surface area contributed by atoms with Crippen LogP contribution in [0.5, 0.6) is 11.5 Å². The van der Waals surface area contributed by atoms with Gasteiger partial charge in [0.15, 0.2) is 0 Å². The van der Waals surface area contributed by atoms with Gasteiger partial charge in [-0.2, -0.15) is 8.78 Å². The molecule has 0 radical (unpaired) electrons. The molecular formula is C12H13ClF3NO3. The van der Waals surface area contributed by atoms with Gasteiger partial charge < -0.3 is 14.8 Å². The van der Waals surface area contributed by atoms with E-state index in [-0.39, 0.29) is 11.3 Å². The molecule has 20 heavy (non-hydrogen) atoms. The SMILES string of the molecule is CCNC(=O)c1ccc(OC)cc1OC(F)(F)C(F)Cl. The van der Waals surface area contributed by atoms with Crippen molar-refractivity contribution in [2.24, 2.45) is 0 Å².